The second kappa shape index (κ2) is 4.30. The summed E-state index contributed by atoms with van der Waals surface area (Å²) >= 11 is 3.34. The second-order valence-electron chi connectivity index (χ2n) is 3.84. The summed E-state index contributed by atoms with van der Waals surface area (Å²) in [6, 6.07) is 6.26. The van der Waals surface area contributed by atoms with E-state index in [1.54, 1.807) is 6.20 Å². The summed E-state index contributed by atoms with van der Waals surface area (Å²) in [6.07, 6.45) is 3.24. The summed E-state index contributed by atoms with van der Waals surface area (Å²) in [7, 11) is 0. The zero-order chi connectivity index (χ0) is 10.7. The maximum absolute atomic E-state index is 9.17. The van der Waals surface area contributed by atoms with E-state index in [1.165, 1.54) is 0 Å². The van der Waals surface area contributed by atoms with E-state index in [2.05, 4.69) is 27.0 Å². The molecule has 78 valence electrons. The van der Waals surface area contributed by atoms with Gasteiger partial charge < -0.3 is 4.74 Å². The fourth-order valence-corrected chi connectivity index (χ4v) is 1.97. The Morgan fingerprint density at radius 3 is 3.00 bits per heavy atom. The highest BCUT2D eigenvalue weighted by molar-refractivity contribution is 9.10. The van der Waals surface area contributed by atoms with E-state index in [-0.39, 0.29) is 5.41 Å². The maximum Gasteiger partial charge on any atom is 0.0883 e. The molecular weight excluding hydrogens is 256 g/mol. The molecule has 1 saturated heterocycles. The van der Waals surface area contributed by atoms with E-state index in [1.807, 2.05) is 12.1 Å². The average molecular weight is 267 g/mol. The van der Waals surface area contributed by atoms with E-state index in [4.69, 9.17) is 10.00 Å². The zero-order valence-electron chi connectivity index (χ0n) is 8.24. The summed E-state index contributed by atoms with van der Waals surface area (Å²) in [5.41, 5.74) is 0.589. The van der Waals surface area contributed by atoms with E-state index in [0.29, 0.717) is 19.6 Å². The minimum Gasteiger partial charge on any atom is -0.380 e. The lowest BCUT2D eigenvalue weighted by Gasteiger charge is -2.17. The number of rotatable bonds is 2. The quantitative estimate of drug-likeness (QED) is 0.826. The molecule has 1 aliphatic rings. The van der Waals surface area contributed by atoms with Crippen LogP contribution in [0.4, 0.5) is 0 Å². The van der Waals surface area contributed by atoms with Crippen molar-refractivity contribution in [3.8, 4) is 6.07 Å². The van der Waals surface area contributed by atoms with Crippen LogP contribution in [0.3, 0.4) is 0 Å². The van der Waals surface area contributed by atoms with Gasteiger partial charge in [-0.3, -0.25) is 4.98 Å². The smallest absolute Gasteiger partial charge is 0.0883 e. The van der Waals surface area contributed by atoms with Crippen LogP contribution < -0.4 is 0 Å². The van der Waals surface area contributed by atoms with Crippen molar-refractivity contribution in [3.63, 3.8) is 0 Å². The zero-order valence-corrected chi connectivity index (χ0v) is 9.83. The van der Waals surface area contributed by atoms with Crippen LogP contribution in [-0.2, 0) is 11.2 Å². The van der Waals surface area contributed by atoms with Crippen LogP contribution in [0.1, 0.15) is 12.1 Å². The topological polar surface area (TPSA) is 45.9 Å². The van der Waals surface area contributed by atoms with Gasteiger partial charge in [0.2, 0.25) is 0 Å². The molecule has 0 aliphatic carbocycles. The molecule has 1 aromatic heterocycles. The molecular formula is C11H11BrN2O. The van der Waals surface area contributed by atoms with Crippen molar-refractivity contribution in [3.05, 3.63) is 28.5 Å². The molecule has 2 rings (SSSR count). The third-order valence-electron chi connectivity index (χ3n) is 2.65. The van der Waals surface area contributed by atoms with Gasteiger partial charge in [-0.05, 0) is 34.5 Å². The monoisotopic (exact) mass is 266 g/mol. The number of aromatic nitrogens is 1. The van der Waals surface area contributed by atoms with Crippen molar-refractivity contribution in [1.82, 2.24) is 4.98 Å². The first-order chi connectivity index (χ1) is 7.24. The molecule has 1 atom stereocenters. The van der Waals surface area contributed by atoms with Gasteiger partial charge in [0.1, 0.15) is 0 Å². The van der Waals surface area contributed by atoms with Gasteiger partial charge in [-0.15, -0.1) is 0 Å². The standard InChI is InChI=1S/C11H11BrN2O/c12-9-1-2-10(14-6-9)5-11(7-13)3-4-15-8-11/h1-2,6H,3-5,8H2. The number of nitrogens with zero attached hydrogens (tertiary/aromatic N) is 2. The first-order valence-corrected chi connectivity index (χ1v) is 5.63. The van der Waals surface area contributed by atoms with Crippen molar-refractivity contribution in [2.45, 2.75) is 12.8 Å². The largest absolute Gasteiger partial charge is 0.380 e. The molecule has 15 heavy (non-hydrogen) atoms. The van der Waals surface area contributed by atoms with E-state index < -0.39 is 0 Å². The third-order valence-corrected chi connectivity index (χ3v) is 3.12. The Hall–Kier alpha value is -0.920. The molecule has 0 spiro atoms. The van der Waals surface area contributed by atoms with Crippen LogP contribution in [0.25, 0.3) is 0 Å². The van der Waals surface area contributed by atoms with Crippen LogP contribution in [0.5, 0.6) is 0 Å². The summed E-state index contributed by atoms with van der Waals surface area (Å²) < 4.78 is 6.25. The Morgan fingerprint density at radius 2 is 2.47 bits per heavy atom. The van der Waals surface area contributed by atoms with Gasteiger partial charge in [-0.2, -0.15) is 5.26 Å². The number of halogens is 1. The maximum atomic E-state index is 9.17. The van der Waals surface area contributed by atoms with Crippen molar-refractivity contribution >= 4 is 15.9 Å². The van der Waals surface area contributed by atoms with Crippen molar-refractivity contribution in [2.24, 2.45) is 5.41 Å². The predicted octanol–water partition coefficient (Wildman–Crippen LogP) is 2.32. The van der Waals surface area contributed by atoms with Crippen molar-refractivity contribution in [2.75, 3.05) is 13.2 Å². The molecule has 1 unspecified atom stereocenters. The minimum absolute atomic E-state index is 0.360. The number of hydrogen-bond acceptors (Lipinski definition) is 3. The molecule has 0 radical (unpaired) electrons. The van der Waals surface area contributed by atoms with Gasteiger partial charge in [-0.25, -0.2) is 0 Å². The number of hydrogen-bond donors (Lipinski definition) is 0. The first kappa shape index (κ1) is 10.6. The fraction of sp³-hybridized carbons (Fsp3) is 0.455. The molecule has 2 heterocycles. The Bertz CT molecular complexity index is 377. The molecule has 0 saturated carbocycles. The normalized spacial score (nSPS) is 25.1. The van der Waals surface area contributed by atoms with E-state index in [9.17, 15) is 0 Å². The second-order valence-corrected chi connectivity index (χ2v) is 4.75. The van der Waals surface area contributed by atoms with E-state index >= 15 is 0 Å². The molecule has 0 bridgehead atoms. The summed E-state index contributed by atoms with van der Waals surface area (Å²) in [4.78, 5) is 4.28. The average Bonchev–Trinajstić information content (AvgIpc) is 2.71. The number of ether oxygens (including phenoxy) is 1. The summed E-state index contributed by atoms with van der Waals surface area (Å²) in [5, 5.41) is 9.17. The van der Waals surface area contributed by atoms with Crippen LogP contribution in [-0.4, -0.2) is 18.2 Å². The summed E-state index contributed by atoms with van der Waals surface area (Å²) in [5.74, 6) is 0. The van der Waals surface area contributed by atoms with Crippen LogP contribution in [0.2, 0.25) is 0 Å². The SMILES string of the molecule is N#CC1(Cc2ccc(Br)cn2)CCOC1. The highest BCUT2D eigenvalue weighted by Gasteiger charge is 2.35. The van der Waals surface area contributed by atoms with Crippen molar-refractivity contribution in [1.29, 1.82) is 5.26 Å². The van der Waals surface area contributed by atoms with Gasteiger partial charge in [0.25, 0.3) is 0 Å². The van der Waals surface area contributed by atoms with Gasteiger partial charge >= 0.3 is 0 Å². The molecule has 4 heteroatoms. The van der Waals surface area contributed by atoms with Crippen LogP contribution in [0, 0.1) is 16.7 Å². The highest BCUT2D eigenvalue weighted by Crippen LogP contribution is 2.31. The number of pyridine rings is 1. The Labute approximate surface area is 97.2 Å². The Morgan fingerprint density at radius 1 is 1.60 bits per heavy atom. The third kappa shape index (κ3) is 2.36. The lowest BCUT2D eigenvalue weighted by atomic mass is 9.84. The fourth-order valence-electron chi connectivity index (χ4n) is 1.73. The first-order valence-electron chi connectivity index (χ1n) is 4.84. The molecule has 1 aromatic rings. The minimum atomic E-state index is -0.360. The van der Waals surface area contributed by atoms with Crippen LogP contribution in [0.15, 0.2) is 22.8 Å². The molecule has 0 amide bonds. The lowest BCUT2D eigenvalue weighted by Crippen LogP contribution is -2.22. The molecule has 3 nitrogen and oxygen atoms in total. The predicted molar refractivity (Wildman–Crippen MR) is 59.1 cm³/mol. The van der Waals surface area contributed by atoms with Gasteiger partial charge in [0, 0.05) is 29.4 Å². The van der Waals surface area contributed by atoms with Gasteiger partial charge in [-0.1, -0.05) is 0 Å². The Kier molecular flexibility index (Phi) is 3.03. The summed E-state index contributed by atoms with van der Waals surface area (Å²) in [6.45, 7) is 1.21. The Balaban J connectivity index is 2.14. The highest BCUT2D eigenvalue weighted by atomic mass is 79.9. The van der Waals surface area contributed by atoms with Gasteiger partial charge in [0.15, 0.2) is 0 Å². The molecule has 0 aromatic carbocycles. The number of nitriles is 1. The van der Waals surface area contributed by atoms with E-state index in [0.717, 1.165) is 16.6 Å². The van der Waals surface area contributed by atoms with Crippen LogP contribution >= 0.6 is 15.9 Å². The molecule has 1 fully saturated rings. The lowest BCUT2D eigenvalue weighted by molar-refractivity contribution is 0.171. The molecule has 0 N–H and O–H groups in total. The van der Waals surface area contributed by atoms with Crippen molar-refractivity contribution < 1.29 is 4.74 Å². The van der Waals surface area contributed by atoms with Gasteiger partial charge in [0.05, 0.1) is 18.1 Å². The molecule has 1 aliphatic heterocycles.